The predicted octanol–water partition coefficient (Wildman–Crippen LogP) is 3.45. The molecule has 2 saturated heterocycles. The molecule has 7 nitrogen and oxygen atoms in total. The third kappa shape index (κ3) is 5.75. The van der Waals surface area contributed by atoms with Gasteiger partial charge in [0.25, 0.3) is 0 Å². The molecular formula is C22H28F3N5O2S. The van der Waals surface area contributed by atoms with Crippen LogP contribution in [-0.2, 0) is 22.0 Å². The highest BCUT2D eigenvalue weighted by Gasteiger charge is 2.31. The van der Waals surface area contributed by atoms with Crippen molar-refractivity contribution in [3.05, 3.63) is 47.2 Å². The fourth-order valence-corrected chi connectivity index (χ4v) is 5.74. The van der Waals surface area contributed by atoms with Crippen LogP contribution < -0.4 is 9.80 Å². The molecule has 3 heterocycles. The molecule has 0 atom stereocenters. The highest BCUT2D eigenvalue weighted by Crippen LogP contribution is 2.29. The summed E-state index contributed by atoms with van der Waals surface area (Å²) in [6, 6.07) is 6.26. The van der Waals surface area contributed by atoms with Crippen LogP contribution in [0.1, 0.15) is 36.1 Å². The van der Waals surface area contributed by atoms with Crippen molar-refractivity contribution in [2.24, 2.45) is 0 Å². The Morgan fingerprint density at radius 2 is 1.52 bits per heavy atom. The van der Waals surface area contributed by atoms with E-state index in [0.717, 1.165) is 49.6 Å². The van der Waals surface area contributed by atoms with Crippen molar-refractivity contribution in [2.75, 3.05) is 49.1 Å². The number of hydrogen-bond donors (Lipinski definition) is 0. The van der Waals surface area contributed by atoms with E-state index in [9.17, 15) is 21.6 Å². The summed E-state index contributed by atoms with van der Waals surface area (Å²) in [5, 5.41) is 0. The highest BCUT2D eigenvalue weighted by molar-refractivity contribution is 7.88. The van der Waals surface area contributed by atoms with Crippen LogP contribution in [0.15, 0.2) is 30.3 Å². The van der Waals surface area contributed by atoms with E-state index in [-0.39, 0.29) is 18.8 Å². The van der Waals surface area contributed by atoms with E-state index in [2.05, 4.69) is 9.88 Å². The second-order valence-corrected chi connectivity index (χ2v) is 10.5. The van der Waals surface area contributed by atoms with Gasteiger partial charge in [0.2, 0.25) is 16.0 Å². The van der Waals surface area contributed by atoms with Gasteiger partial charge in [0.05, 0.1) is 11.3 Å². The molecule has 11 heteroatoms. The number of piperidine rings is 1. The van der Waals surface area contributed by atoms with E-state index < -0.39 is 21.8 Å². The minimum Gasteiger partial charge on any atom is -0.356 e. The summed E-state index contributed by atoms with van der Waals surface area (Å²) in [6.07, 6.45) is -0.919. The molecule has 0 aliphatic carbocycles. The molecule has 0 N–H and O–H groups in total. The number of piperazine rings is 1. The average molecular weight is 484 g/mol. The number of halogens is 3. The minimum atomic E-state index is -4.44. The molecule has 2 aromatic rings. The first-order valence-corrected chi connectivity index (χ1v) is 12.7. The molecule has 2 fully saturated rings. The molecule has 0 spiro atoms. The lowest BCUT2D eigenvalue weighted by Gasteiger charge is -2.35. The van der Waals surface area contributed by atoms with Crippen molar-refractivity contribution in [2.45, 2.75) is 38.1 Å². The molecule has 0 unspecified atom stereocenters. The van der Waals surface area contributed by atoms with Crippen LogP contribution in [-0.4, -0.2) is 62.0 Å². The number of benzene rings is 1. The van der Waals surface area contributed by atoms with Gasteiger partial charge in [-0.15, -0.1) is 0 Å². The van der Waals surface area contributed by atoms with Crippen molar-refractivity contribution in [3.8, 4) is 0 Å². The Morgan fingerprint density at radius 1 is 0.879 bits per heavy atom. The molecule has 33 heavy (non-hydrogen) atoms. The average Bonchev–Trinajstić information content (AvgIpc) is 2.79. The number of hydrogen-bond acceptors (Lipinski definition) is 6. The van der Waals surface area contributed by atoms with E-state index in [1.165, 1.54) is 22.9 Å². The smallest absolute Gasteiger partial charge is 0.356 e. The Bertz CT molecular complexity index is 1060. The first kappa shape index (κ1) is 23.7. The monoisotopic (exact) mass is 483 g/mol. The van der Waals surface area contributed by atoms with E-state index in [1.807, 2.05) is 17.9 Å². The molecule has 2 aliphatic rings. The maximum absolute atomic E-state index is 12.8. The fourth-order valence-electron chi connectivity index (χ4n) is 4.22. The number of nitrogens with zero attached hydrogens (tertiary/aromatic N) is 5. The Labute approximate surface area is 192 Å². The van der Waals surface area contributed by atoms with Gasteiger partial charge in [0.15, 0.2) is 0 Å². The molecular weight excluding hydrogens is 455 g/mol. The molecule has 1 aromatic carbocycles. The van der Waals surface area contributed by atoms with E-state index >= 15 is 0 Å². The van der Waals surface area contributed by atoms with Crippen LogP contribution in [0.2, 0.25) is 0 Å². The number of anilines is 2. The lowest BCUT2D eigenvalue weighted by Crippen LogP contribution is -2.49. The van der Waals surface area contributed by atoms with Crippen LogP contribution in [0.4, 0.5) is 24.9 Å². The Hall–Kier alpha value is -2.40. The summed E-state index contributed by atoms with van der Waals surface area (Å²) in [5.41, 5.74) is 0.413. The van der Waals surface area contributed by atoms with Gasteiger partial charge >= 0.3 is 6.18 Å². The molecule has 4 rings (SSSR count). The van der Waals surface area contributed by atoms with Crippen molar-refractivity contribution in [1.82, 2.24) is 14.3 Å². The minimum absolute atomic E-state index is 0.277. The van der Waals surface area contributed by atoms with Crippen molar-refractivity contribution in [3.63, 3.8) is 0 Å². The number of rotatable bonds is 5. The summed E-state index contributed by atoms with van der Waals surface area (Å²) in [7, 11) is -3.65. The SMILES string of the molecule is Cc1cc(N2CCCCC2)nc(N2CCN(S(=O)(=O)Cc3ccc(C(F)(F)F)cc3)CC2)n1. The molecule has 0 amide bonds. The van der Waals surface area contributed by atoms with Crippen molar-refractivity contribution >= 4 is 21.8 Å². The van der Waals surface area contributed by atoms with Gasteiger partial charge in [-0.1, -0.05) is 12.1 Å². The van der Waals surface area contributed by atoms with Crippen molar-refractivity contribution in [1.29, 1.82) is 0 Å². The number of sulfonamides is 1. The maximum Gasteiger partial charge on any atom is 0.416 e. The molecule has 0 radical (unpaired) electrons. The topological polar surface area (TPSA) is 69.6 Å². The van der Waals surface area contributed by atoms with E-state index in [4.69, 9.17) is 4.98 Å². The number of aromatic nitrogens is 2. The summed E-state index contributed by atoms with van der Waals surface area (Å²) >= 11 is 0. The highest BCUT2D eigenvalue weighted by atomic mass is 32.2. The summed E-state index contributed by atoms with van der Waals surface area (Å²) in [6.45, 7) is 5.35. The lowest BCUT2D eigenvalue weighted by atomic mass is 10.1. The molecule has 0 bridgehead atoms. The van der Waals surface area contributed by atoms with Gasteiger partial charge in [-0.2, -0.15) is 22.5 Å². The summed E-state index contributed by atoms with van der Waals surface area (Å²) in [4.78, 5) is 13.6. The van der Waals surface area contributed by atoms with Gasteiger partial charge in [0, 0.05) is 51.0 Å². The Morgan fingerprint density at radius 3 is 2.12 bits per heavy atom. The number of alkyl halides is 3. The number of aryl methyl sites for hydroxylation is 1. The zero-order valence-corrected chi connectivity index (χ0v) is 19.4. The third-order valence-corrected chi connectivity index (χ3v) is 7.90. The standard InChI is InChI=1S/C22H28F3N5O2S/c1-17-15-20(28-9-3-2-4-10-28)27-21(26-17)29-11-13-30(14-12-29)33(31,32)16-18-5-7-19(8-6-18)22(23,24)25/h5-8,15H,2-4,9-14,16H2,1H3. The Kier molecular flexibility index (Phi) is 6.81. The molecule has 1 aromatic heterocycles. The normalized spacial score (nSPS) is 18.5. The quantitative estimate of drug-likeness (QED) is 0.649. The lowest BCUT2D eigenvalue weighted by molar-refractivity contribution is -0.137. The van der Waals surface area contributed by atoms with Crippen LogP contribution >= 0.6 is 0 Å². The van der Waals surface area contributed by atoms with E-state index in [0.29, 0.717) is 24.6 Å². The van der Waals surface area contributed by atoms with Crippen LogP contribution in [0.5, 0.6) is 0 Å². The van der Waals surface area contributed by atoms with Crippen LogP contribution in [0.25, 0.3) is 0 Å². The summed E-state index contributed by atoms with van der Waals surface area (Å²) in [5.74, 6) is 1.19. The van der Waals surface area contributed by atoms with Gasteiger partial charge in [0.1, 0.15) is 5.82 Å². The largest absolute Gasteiger partial charge is 0.416 e. The van der Waals surface area contributed by atoms with Gasteiger partial charge in [-0.25, -0.2) is 13.4 Å². The predicted molar refractivity (Wildman–Crippen MR) is 121 cm³/mol. The van der Waals surface area contributed by atoms with Gasteiger partial charge < -0.3 is 9.80 Å². The second kappa shape index (κ2) is 9.46. The third-order valence-electron chi connectivity index (χ3n) is 6.05. The zero-order valence-electron chi connectivity index (χ0n) is 18.6. The second-order valence-electron chi connectivity index (χ2n) is 8.55. The molecule has 180 valence electrons. The fraction of sp³-hybridized carbons (Fsp3) is 0.545. The molecule has 0 saturated carbocycles. The maximum atomic E-state index is 12.8. The van der Waals surface area contributed by atoms with Crippen molar-refractivity contribution < 1.29 is 21.6 Å². The van der Waals surface area contributed by atoms with Crippen LogP contribution in [0, 0.1) is 6.92 Å². The van der Waals surface area contributed by atoms with Gasteiger partial charge in [-0.05, 0) is 43.9 Å². The first-order valence-electron chi connectivity index (χ1n) is 11.1. The van der Waals surface area contributed by atoms with E-state index in [1.54, 1.807) is 0 Å². The van der Waals surface area contributed by atoms with Crippen LogP contribution in [0.3, 0.4) is 0 Å². The first-order chi connectivity index (χ1) is 15.6. The summed E-state index contributed by atoms with van der Waals surface area (Å²) < 4.78 is 65.3. The molecule has 2 aliphatic heterocycles. The Balaban J connectivity index is 1.39. The zero-order chi connectivity index (χ0) is 23.6. The van der Waals surface area contributed by atoms with Gasteiger partial charge in [-0.3, -0.25) is 0 Å².